The standard InChI is InChI=1S/C25H23NO4/c1-16-9-14-21(17(2)15-16)26-22(18-10-12-19(13-11-18)25(28)29-3)23(24(26)27)30-20-7-5-4-6-8-20/h4-15,22-23H,1-3H3. The molecule has 0 aliphatic carbocycles. The molecule has 3 aromatic rings. The van der Waals surface area contributed by atoms with Crippen molar-refractivity contribution in [3.05, 3.63) is 95.1 Å². The molecule has 5 nitrogen and oxygen atoms in total. The lowest BCUT2D eigenvalue weighted by Crippen LogP contribution is -2.61. The zero-order valence-electron chi connectivity index (χ0n) is 17.2. The van der Waals surface area contributed by atoms with Crippen LogP contribution in [0.3, 0.4) is 0 Å². The van der Waals surface area contributed by atoms with Gasteiger partial charge in [0.1, 0.15) is 11.8 Å². The van der Waals surface area contributed by atoms with Gasteiger partial charge in [0.05, 0.1) is 12.7 Å². The molecule has 0 saturated carbocycles. The van der Waals surface area contributed by atoms with Gasteiger partial charge in [-0.1, -0.05) is 48.0 Å². The summed E-state index contributed by atoms with van der Waals surface area (Å²) in [5, 5.41) is 0. The first-order valence-electron chi connectivity index (χ1n) is 9.80. The zero-order chi connectivity index (χ0) is 21.3. The largest absolute Gasteiger partial charge is 0.478 e. The molecule has 152 valence electrons. The van der Waals surface area contributed by atoms with Crippen molar-refractivity contribution in [2.45, 2.75) is 26.0 Å². The van der Waals surface area contributed by atoms with E-state index in [-0.39, 0.29) is 11.9 Å². The monoisotopic (exact) mass is 401 g/mol. The summed E-state index contributed by atoms with van der Waals surface area (Å²) < 4.78 is 10.8. The van der Waals surface area contributed by atoms with E-state index in [0.29, 0.717) is 11.3 Å². The number of hydrogen-bond donors (Lipinski definition) is 0. The molecule has 1 amide bonds. The summed E-state index contributed by atoms with van der Waals surface area (Å²) in [4.78, 5) is 26.7. The third-order valence-electron chi connectivity index (χ3n) is 5.34. The molecule has 2 unspecified atom stereocenters. The van der Waals surface area contributed by atoms with Gasteiger partial charge >= 0.3 is 5.97 Å². The van der Waals surface area contributed by atoms with Crippen LogP contribution in [-0.2, 0) is 9.53 Å². The number of ether oxygens (including phenoxy) is 2. The van der Waals surface area contributed by atoms with Crippen molar-refractivity contribution >= 4 is 17.6 Å². The van der Waals surface area contributed by atoms with Crippen LogP contribution in [0.1, 0.15) is 33.1 Å². The minimum absolute atomic E-state index is 0.0900. The van der Waals surface area contributed by atoms with E-state index in [4.69, 9.17) is 9.47 Å². The highest BCUT2D eigenvalue weighted by atomic mass is 16.5. The molecular weight excluding hydrogens is 378 g/mol. The normalized spacial score (nSPS) is 18.0. The number of carbonyl (C=O) groups is 2. The lowest BCUT2D eigenvalue weighted by molar-refractivity contribution is -0.135. The Balaban J connectivity index is 1.71. The van der Waals surface area contributed by atoms with Gasteiger partial charge in [-0.3, -0.25) is 9.69 Å². The van der Waals surface area contributed by atoms with E-state index in [9.17, 15) is 9.59 Å². The maximum absolute atomic E-state index is 13.1. The van der Waals surface area contributed by atoms with Crippen LogP contribution in [-0.4, -0.2) is 25.1 Å². The van der Waals surface area contributed by atoms with E-state index in [1.807, 2.05) is 68.4 Å². The number of hydrogen-bond acceptors (Lipinski definition) is 4. The lowest BCUT2D eigenvalue weighted by atomic mass is 9.88. The fourth-order valence-corrected chi connectivity index (χ4v) is 3.83. The van der Waals surface area contributed by atoms with Gasteiger partial charge in [-0.15, -0.1) is 0 Å². The molecule has 2 atom stereocenters. The van der Waals surface area contributed by atoms with E-state index in [1.54, 1.807) is 17.0 Å². The molecule has 4 rings (SSSR count). The Bertz CT molecular complexity index is 1080. The number of esters is 1. The van der Waals surface area contributed by atoms with Gasteiger partial charge in [0.25, 0.3) is 5.91 Å². The van der Waals surface area contributed by atoms with Crippen LogP contribution in [0.2, 0.25) is 0 Å². The van der Waals surface area contributed by atoms with Crippen LogP contribution in [0.15, 0.2) is 72.8 Å². The number of methoxy groups -OCH3 is 1. The van der Waals surface area contributed by atoms with E-state index in [1.165, 1.54) is 7.11 Å². The van der Waals surface area contributed by atoms with Gasteiger partial charge in [-0.2, -0.15) is 0 Å². The average molecular weight is 401 g/mol. The smallest absolute Gasteiger partial charge is 0.337 e. The van der Waals surface area contributed by atoms with E-state index in [0.717, 1.165) is 22.4 Å². The molecule has 1 aliphatic heterocycles. The van der Waals surface area contributed by atoms with Crippen LogP contribution in [0, 0.1) is 13.8 Å². The molecule has 0 radical (unpaired) electrons. The lowest BCUT2D eigenvalue weighted by Gasteiger charge is -2.47. The Morgan fingerprint density at radius 2 is 1.63 bits per heavy atom. The molecular formula is C25H23NO4. The first-order valence-corrected chi connectivity index (χ1v) is 9.80. The zero-order valence-corrected chi connectivity index (χ0v) is 17.2. The molecule has 1 fully saturated rings. The molecule has 0 spiro atoms. The molecule has 30 heavy (non-hydrogen) atoms. The van der Waals surface area contributed by atoms with E-state index in [2.05, 4.69) is 6.07 Å². The molecule has 1 heterocycles. The summed E-state index contributed by atoms with van der Waals surface area (Å²) >= 11 is 0. The number of aryl methyl sites for hydroxylation is 2. The van der Waals surface area contributed by atoms with Crippen LogP contribution >= 0.6 is 0 Å². The van der Waals surface area contributed by atoms with Crippen LogP contribution < -0.4 is 9.64 Å². The number of amides is 1. The maximum Gasteiger partial charge on any atom is 0.337 e. The number of β-lactam (4-membered cyclic amide) rings is 1. The highest BCUT2D eigenvalue weighted by Crippen LogP contribution is 2.42. The van der Waals surface area contributed by atoms with Crippen molar-refractivity contribution < 1.29 is 19.1 Å². The third-order valence-corrected chi connectivity index (χ3v) is 5.34. The summed E-state index contributed by atoms with van der Waals surface area (Å²) in [5.74, 6) is 0.162. The van der Waals surface area contributed by atoms with Gasteiger partial charge in [-0.25, -0.2) is 4.79 Å². The minimum atomic E-state index is -0.642. The van der Waals surface area contributed by atoms with Crippen LogP contribution in [0.4, 0.5) is 5.69 Å². The molecule has 0 aromatic heterocycles. The van der Waals surface area contributed by atoms with E-state index < -0.39 is 12.1 Å². The topological polar surface area (TPSA) is 55.8 Å². The Morgan fingerprint density at radius 1 is 0.933 bits per heavy atom. The highest BCUT2D eigenvalue weighted by molar-refractivity contribution is 6.06. The Hall–Kier alpha value is -3.60. The van der Waals surface area contributed by atoms with Crippen LogP contribution in [0.25, 0.3) is 0 Å². The SMILES string of the molecule is COC(=O)c1ccc(C2C(Oc3ccccc3)C(=O)N2c2ccc(C)cc2C)cc1. The quantitative estimate of drug-likeness (QED) is 0.462. The first kappa shape index (κ1) is 19.7. The number of para-hydroxylation sites is 1. The number of anilines is 1. The number of nitrogens with zero attached hydrogens (tertiary/aromatic N) is 1. The van der Waals surface area contributed by atoms with Crippen molar-refractivity contribution in [1.82, 2.24) is 0 Å². The second kappa shape index (κ2) is 8.03. The number of carbonyl (C=O) groups excluding carboxylic acids is 2. The molecule has 0 bridgehead atoms. The second-order valence-corrected chi connectivity index (χ2v) is 7.41. The first-order chi connectivity index (χ1) is 14.5. The van der Waals surface area contributed by atoms with Gasteiger partial charge in [0.2, 0.25) is 6.10 Å². The fourth-order valence-electron chi connectivity index (χ4n) is 3.83. The molecule has 1 saturated heterocycles. The maximum atomic E-state index is 13.1. The predicted molar refractivity (Wildman–Crippen MR) is 115 cm³/mol. The van der Waals surface area contributed by atoms with Crippen molar-refractivity contribution in [2.24, 2.45) is 0 Å². The van der Waals surface area contributed by atoms with Gasteiger partial charge in [-0.05, 0) is 55.3 Å². The highest BCUT2D eigenvalue weighted by Gasteiger charge is 2.51. The van der Waals surface area contributed by atoms with Gasteiger partial charge in [0.15, 0.2) is 0 Å². The molecule has 0 N–H and O–H groups in total. The fraction of sp³-hybridized carbons (Fsp3) is 0.200. The van der Waals surface area contributed by atoms with Crippen molar-refractivity contribution in [3.8, 4) is 5.75 Å². The Morgan fingerprint density at radius 3 is 2.27 bits per heavy atom. The predicted octanol–water partition coefficient (Wildman–Crippen LogP) is 4.63. The summed E-state index contributed by atoms with van der Waals surface area (Å²) in [6, 6.07) is 22.2. The second-order valence-electron chi connectivity index (χ2n) is 7.41. The van der Waals surface area contributed by atoms with Crippen molar-refractivity contribution in [2.75, 3.05) is 12.0 Å². The Kier molecular flexibility index (Phi) is 5.27. The molecule has 3 aromatic carbocycles. The van der Waals surface area contributed by atoms with Crippen LogP contribution in [0.5, 0.6) is 5.75 Å². The Labute approximate surface area is 175 Å². The summed E-state index contributed by atoms with van der Waals surface area (Å²) in [6.07, 6.45) is -0.642. The van der Waals surface area contributed by atoms with Gasteiger partial charge in [0, 0.05) is 5.69 Å². The van der Waals surface area contributed by atoms with Crippen molar-refractivity contribution in [1.29, 1.82) is 0 Å². The van der Waals surface area contributed by atoms with E-state index >= 15 is 0 Å². The number of rotatable bonds is 5. The van der Waals surface area contributed by atoms with Crippen molar-refractivity contribution in [3.63, 3.8) is 0 Å². The summed E-state index contributed by atoms with van der Waals surface area (Å²) in [6.45, 7) is 4.03. The minimum Gasteiger partial charge on any atom is -0.478 e. The molecule has 1 aliphatic rings. The molecule has 5 heteroatoms. The number of benzene rings is 3. The average Bonchev–Trinajstić information content (AvgIpc) is 2.77. The summed E-state index contributed by atoms with van der Waals surface area (Å²) in [5.41, 5.74) is 4.38. The third kappa shape index (κ3) is 3.54. The summed E-state index contributed by atoms with van der Waals surface area (Å²) in [7, 11) is 1.35. The van der Waals surface area contributed by atoms with Gasteiger partial charge < -0.3 is 9.47 Å².